The lowest BCUT2D eigenvalue weighted by atomic mass is 9.81. The van der Waals surface area contributed by atoms with Gasteiger partial charge < -0.3 is 4.79 Å². The lowest BCUT2D eigenvalue weighted by molar-refractivity contribution is -0.116. The molecule has 4 unspecified atom stereocenters. The van der Waals surface area contributed by atoms with Crippen molar-refractivity contribution in [1.82, 2.24) is 0 Å². The number of carbonyl (C=O) groups is 1. The van der Waals surface area contributed by atoms with Crippen LogP contribution in [0.3, 0.4) is 0 Å². The van der Waals surface area contributed by atoms with Crippen LogP contribution in [-0.2, 0) is 4.79 Å². The van der Waals surface area contributed by atoms with Gasteiger partial charge in [0.2, 0.25) is 0 Å². The molecule has 0 N–H and O–H groups in total. The number of hydrogen-bond donors (Lipinski definition) is 0. The van der Waals surface area contributed by atoms with Gasteiger partial charge in [0.15, 0.2) is 0 Å². The molecule has 0 heterocycles. The van der Waals surface area contributed by atoms with Crippen molar-refractivity contribution in [1.29, 1.82) is 0 Å². The molecule has 1 aliphatic carbocycles. The maximum atomic E-state index is 12.9. The predicted octanol–water partition coefficient (Wildman–Crippen LogP) is 1.91. The van der Waals surface area contributed by atoms with Crippen molar-refractivity contribution in [3.05, 3.63) is 0 Å². The normalized spacial score (nSPS) is 45.4. The fraction of sp³-hybridized carbons (Fsp3) is 0.875. The summed E-state index contributed by atoms with van der Waals surface area (Å²) in [4.78, 5) is 10.2. The summed E-state index contributed by atoms with van der Waals surface area (Å²) < 4.78 is 25.8. The number of rotatable bonds is 1. The minimum atomic E-state index is -1.57. The first-order valence-corrected chi connectivity index (χ1v) is 3.90. The average Bonchev–Trinajstić information content (AvgIpc) is 2.01. The molecule has 0 bridgehead atoms. The molecule has 0 amide bonds. The van der Waals surface area contributed by atoms with E-state index >= 15 is 0 Å². The van der Waals surface area contributed by atoms with Gasteiger partial charge in [-0.2, -0.15) is 0 Å². The van der Waals surface area contributed by atoms with Crippen LogP contribution in [0.2, 0.25) is 0 Å². The van der Waals surface area contributed by atoms with E-state index in [4.69, 9.17) is 0 Å². The Morgan fingerprint density at radius 2 is 1.91 bits per heavy atom. The second kappa shape index (κ2) is 3.28. The molecule has 0 radical (unpaired) electrons. The quantitative estimate of drug-likeness (QED) is 0.538. The lowest BCUT2D eigenvalue weighted by Gasteiger charge is -2.29. The summed E-state index contributed by atoms with van der Waals surface area (Å²) in [6, 6.07) is 0. The Balaban J connectivity index is 2.58. The van der Waals surface area contributed by atoms with Crippen LogP contribution in [0.25, 0.3) is 0 Å². The molecule has 0 aromatic heterocycles. The number of hydrogen-bond acceptors (Lipinski definition) is 1. The average molecular weight is 162 g/mol. The largest absolute Gasteiger partial charge is 0.303 e. The molecule has 0 aliphatic heterocycles. The second-order valence-electron chi connectivity index (χ2n) is 3.24. The highest BCUT2D eigenvalue weighted by Gasteiger charge is 2.37. The Hall–Kier alpha value is -0.470. The molecule has 1 rings (SSSR count). The summed E-state index contributed by atoms with van der Waals surface area (Å²) in [6.45, 7) is 1.68. The van der Waals surface area contributed by atoms with E-state index in [0.29, 0.717) is 19.1 Å². The van der Waals surface area contributed by atoms with Crippen molar-refractivity contribution in [2.24, 2.45) is 11.8 Å². The molecular formula is C8H12F2O. The first-order chi connectivity index (χ1) is 5.16. The lowest BCUT2D eigenvalue weighted by Crippen LogP contribution is -2.37. The van der Waals surface area contributed by atoms with Crippen molar-refractivity contribution in [3.8, 4) is 0 Å². The van der Waals surface area contributed by atoms with E-state index in [9.17, 15) is 13.6 Å². The highest BCUT2D eigenvalue weighted by molar-refractivity contribution is 5.55. The zero-order valence-electron chi connectivity index (χ0n) is 6.47. The van der Waals surface area contributed by atoms with E-state index in [2.05, 4.69) is 0 Å². The van der Waals surface area contributed by atoms with Gasteiger partial charge in [-0.25, -0.2) is 8.78 Å². The first kappa shape index (κ1) is 8.62. The van der Waals surface area contributed by atoms with E-state index in [-0.39, 0.29) is 5.92 Å². The molecule has 0 saturated heterocycles. The zero-order chi connectivity index (χ0) is 8.43. The molecular weight excluding hydrogens is 150 g/mol. The Labute approximate surface area is 64.8 Å². The monoisotopic (exact) mass is 162 g/mol. The van der Waals surface area contributed by atoms with Gasteiger partial charge in [0.25, 0.3) is 0 Å². The number of aldehydes is 1. The number of halogens is 2. The minimum Gasteiger partial charge on any atom is -0.303 e. The van der Waals surface area contributed by atoms with Crippen molar-refractivity contribution in [3.63, 3.8) is 0 Å². The molecule has 11 heavy (non-hydrogen) atoms. The Morgan fingerprint density at radius 1 is 1.27 bits per heavy atom. The van der Waals surface area contributed by atoms with Crippen molar-refractivity contribution >= 4 is 6.29 Å². The van der Waals surface area contributed by atoms with Crippen molar-refractivity contribution in [2.75, 3.05) is 0 Å². The summed E-state index contributed by atoms with van der Waals surface area (Å²) in [6.07, 6.45) is -1.38. The van der Waals surface area contributed by atoms with Crippen LogP contribution in [-0.4, -0.2) is 18.6 Å². The maximum Gasteiger partial charge on any atom is 0.141 e. The summed E-state index contributed by atoms with van der Waals surface area (Å²) in [5, 5.41) is 0. The molecule has 4 atom stereocenters. The van der Waals surface area contributed by atoms with E-state index in [1.54, 1.807) is 6.92 Å². The Bertz CT molecular complexity index is 149. The van der Waals surface area contributed by atoms with Gasteiger partial charge in [-0.3, -0.25) is 0 Å². The molecule has 1 saturated carbocycles. The predicted molar refractivity (Wildman–Crippen MR) is 37.7 cm³/mol. The highest BCUT2D eigenvalue weighted by atomic mass is 19.2. The SMILES string of the molecule is CC1CCC(C=O)C(F)C1F. The molecule has 0 aromatic rings. The van der Waals surface area contributed by atoms with E-state index in [1.165, 1.54) is 0 Å². The van der Waals surface area contributed by atoms with Crippen LogP contribution in [0, 0.1) is 11.8 Å². The third-order valence-corrected chi connectivity index (χ3v) is 2.39. The summed E-state index contributed by atoms with van der Waals surface area (Å²) in [5.74, 6) is -0.942. The molecule has 1 aliphatic rings. The number of alkyl halides is 2. The van der Waals surface area contributed by atoms with Crippen molar-refractivity contribution in [2.45, 2.75) is 32.1 Å². The fourth-order valence-electron chi connectivity index (χ4n) is 1.47. The van der Waals surface area contributed by atoms with Crippen LogP contribution in [0.15, 0.2) is 0 Å². The molecule has 64 valence electrons. The van der Waals surface area contributed by atoms with E-state index in [0.717, 1.165) is 0 Å². The van der Waals surface area contributed by atoms with Gasteiger partial charge in [-0.15, -0.1) is 0 Å². The topological polar surface area (TPSA) is 17.1 Å². The summed E-state index contributed by atoms with van der Waals surface area (Å²) in [7, 11) is 0. The molecule has 3 heteroatoms. The van der Waals surface area contributed by atoms with Crippen LogP contribution in [0.5, 0.6) is 0 Å². The van der Waals surface area contributed by atoms with Crippen LogP contribution >= 0.6 is 0 Å². The van der Waals surface area contributed by atoms with Gasteiger partial charge >= 0.3 is 0 Å². The summed E-state index contributed by atoms with van der Waals surface area (Å²) >= 11 is 0. The first-order valence-electron chi connectivity index (χ1n) is 3.90. The van der Waals surface area contributed by atoms with Gasteiger partial charge in [-0.05, 0) is 18.8 Å². The molecule has 1 nitrogen and oxygen atoms in total. The molecule has 0 aromatic carbocycles. The molecule has 1 fully saturated rings. The molecule has 0 spiro atoms. The smallest absolute Gasteiger partial charge is 0.141 e. The highest BCUT2D eigenvalue weighted by Crippen LogP contribution is 2.32. The van der Waals surface area contributed by atoms with Gasteiger partial charge in [-0.1, -0.05) is 6.92 Å². The van der Waals surface area contributed by atoms with Gasteiger partial charge in [0.05, 0.1) is 0 Å². The van der Waals surface area contributed by atoms with E-state index < -0.39 is 18.3 Å². The van der Waals surface area contributed by atoms with Gasteiger partial charge in [0, 0.05) is 5.92 Å². The third kappa shape index (κ3) is 1.57. The Kier molecular flexibility index (Phi) is 2.58. The minimum absolute atomic E-state index is 0.235. The third-order valence-electron chi connectivity index (χ3n) is 2.39. The second-order valence-corrected chi connectivity index (χ2v) is 3.24. The fourth-order valence-corrected chi connectivity index (χ4v) is 1.47. The van der Waals surface area contributed by atoms with Crippen molar-refractivity contribution < 1.29 is 13.6 Å². The standard InChI is InChI=1S/C8H12F2O/c1-5-2-3-6(4-11)8(10)7(5)9/h4-8H,2-3H2,1H3. The zero-order valence-corrected chi connectivity index (χ0v) is 6.47. The van der Waals surface area contributed by atoms with Gasteiger partial charge in [0.1, 0.15) is 18.6 Å². The Morgan fingerprint density at radius 3 is 2.45 bits per heavy atom. The van der Waals surface area contributed by atoms with E-state index in [1.807, 2.05) is 0 Å². The van der Waals surface area contributed by atoms with Crippen LogP contribution < -0.4 is 0 Å². The maximum absolute atomic E-state index is 12.9. The number of carbonyl (C=O) groups excluding carboxylic acids is 1. The van der Waals surface area contributed by atoms with Crippen LogP contribution in [0.4, 0.5) is 8.78 Å². The summed E-state index contributed by atoms with van der Waals surface area (Å²) in [5.41, 5.74) is 0. The van der Waals surface area contributed by atoms with Crippen LogP contribution in [0.1, 0.15) is 19.8 Å².